The van der Waals surface area contributed by atoms with Crippen molar-refractivity contribution < 1.29 is 19.0 Å². The maximum Gasteiger partial charge on any atom is 0.144 e. The number of aromatic nitrogens is 2. The van der Waals surface area contributed by atoms with E-state index in [1.807, 2.05) is 18.2 Å². The molecule has 2 fully saturated rings. The van der Waals surface area contributed by atoms with Crippen LogP contribution in [0.5, 0.6) is 5.75 Å². The number of methoxy groups -OCH3 is 1. The number of halogens is 2. The molecule has 0 radical (unpaired) electrons. The van der Waals surface area contributed by atoms with Crippen molar-refractivity contribution in [3.63, 3.8) is 0 Å². The van der Waals surface area contributed by atoms with Gasteiger partial charge in [-0.25, -0.2) is 14.4 Å². The van der Waals surface area contributed by atoms with Crippen LogP contribution >= 0.6 is 11.6 Å². The molecule has 2 aliphatic rings. The second-order valence-electron chi connectivity index (χ2n) is 9.03. The van der Waals surface area contributed by atoms with Crippen LogP contribution in [0.15, 0.2) is 48.8 Å². The van der Waals surface area contributed by atoms with E-state index in [0.29, 0.717) is 17.3 Å². The number of carbonyl (C=O) groups excluding carboxylic acids is 1. The molecule has 0 bridgehead atoms. The minimum atomic E-state index is -0.466. The number of aliphatic hydroxyl groups excluding tert-OH is 1. The van der Waals surface area contributed by atoms with Crippen molar-refractivity contribution in [2.75, 3.05) is 51.5 Å². The average molecular weight is 544 g/mol. The molecule has 1 saturated carbocycles. The minimum Gasteiger partial charge on any atom is -0.495 e. The Kier molecular flexibility index (Phi) is 11.3. The van der Waals surface area contributed by atoms with Crippen LogP contribution in [-0.4, -0.2) is 67.2 Å². The van der Waals surface area contributed by atoms with Gasteiger partial charge in [-0.2, -0.15) is 0 Å². The highest BCUT2D eigenvalue weighted by Crippen LogP contribution is 2.37. The number of anilines is 3. The Morgan fingerprint density at radius 2 is 1.92 bits per heavy atom. The van der Waals surface area contributed by atoms with E-state index in [9.17, 15) is 9.18 Å². The normalized spacial score (nSPS) is 18.3. The number of rotatable bonds is 7. The largest absolute Gasteiger partial charge is 0.495 e. The summed E-state index contributed by atoms with van der Waals surface area (Å²) in [5.74, 6) is 2.74. The summed E-state index contributed by atoms with van der Waals surface area (Å²) < 4.78 is 18.6. The molecule has 2 unspecified atom stereocenters. The fourth-order valence-corrected chi connectivity index (χ4v) is 5.19. The van der Waals surface area contributed by atoms with Crippen LogP contribution in [-0.2, 0) is 4.79 Å². The van der Waals surface area contributed by atoms with Crippen molar-refractivity contribution in [1.82, 2.24) is 14.9 Å². The molecule has 0 spiro atoms. The number of nitrogens with one attached hydrogen (secondary N) is 2. The van der Waals surface area contributed by atoms with Crippen LogP contribution in [0.4, 0.5) is 21.6 Å². The Bertz CT molecular complexity index is 1230. The summed E-state index contributed by atoms with van der Waals surface area (Å²) >= 11 is 5.81. The van der Waals surface area contributed by atoms with Crippen LogP contribution in [0.1, 0.15) is 19.3 Å². The van der Waals surface area contributed by atoms with Crippen molar-refractivity contribution in [3.8, 4) is 5.75 Å². The van der Waals surface area contributed by atoms with Gasteiger partial charge in [0.25, 0.3) is 0 Å². The number of aliphatic hydroxyl groups is 1. The molecule has 204 valence electrons. The van der Waals surface area contributed by atoms with E-state index in [-0.39, 0.29) is 5.02 Å². The molecule has 2 aromatic carbocycles. The Morgan fingerprint density at radius 3 is 2.55 bits per heavy atom. The summed E-state index contributed by atoms with van der Waals surface area (Å²) in [6, 6.07) is 8.12. The number of ether oxygens (including phenoxy) is 1. The smallest absolute Gasteiger partial charge is 0.144 e. The molecular weight excluding hydrogens is 509 g/mol. The fraction of sp³-hybridized carbons (Fsp3) is 0.393. The van der Waals surface area contributed by atoms with Gasteiger partial charge in [-0.1, -0.05) is 24.1 Å². The molecule has 2 atom stereocenters. The first kappa shape index (κ1) is 29.3. The van der Waals surface area contributed by atoms with E-state index in [4.69, 9.17) is 21.4 Å². The highest BCUT2D eigenvalue weighted by molar-refractivity contribution is 6.31. The predicted octanol–water partition coefficient (Wildman–Crippen LogP) is 5.30. The molecular formula is C28H35ClFN5O3. The lowest BCUT2D eigenvalue weighted by Gasteiger charge is -2.13. The van der Waals surface area contributed by atoms with E-state index in [2.05, 4.69) is 25.5 Å². The number of aldehydes is 1. The van der Waals surface area contributed by atoms with Crippen LogP contribution < -0.4 is 15.4 Å². The molecule has 3 N–H and O–H groups in total. The van der Waals surface area contributed by atoms with E-state index in [1.54, 1.807) is 26.3 Å². The van der Waals surface area contributed by atoms with E-state index in [1.165, 1.54) is 50.8 Å². The molecule has 0 amide bonds. The maximum absolute atomic E-state index is 13.3. The topological polar surface area (TPSA) is 99.6 Å². The van der Waals surface area contributed by atoms with Gasteiger partial charge < -0.3 is 20.5 Å². The lowest BCUT2D eigenvalue weighted by Crippen LogP contribution is -2.21. The first-order valence-electron chi connectivity index (χ1n) is 12.5. The minimum absolute atomic E-state index is 0.0472. The second kappa shape index (κ2) is 14.6. The average Bonchev–Trinajstić information content (AvgIpc) is 3.54. The summed E-state index contributed by atoms with van der Waals surface area (Å²) in [6.45, 7) is 3.48. The summed E-state index contributed by atoms with van der Waals surface area (Å²) in [6.07, 6.45) is 10.2. The van der Waals surface area contributed by atoms with Gasteiger partial charge in [0.1, 0.15) is 30.0 Å². The van der Waals surface area contributed by atoms with Gasteiger partial charge in [-0.3, -0.25) is 9.69 Å². The third kappa shape index (κ3) is 7.40. The van der Waals surface area contributed by atoms with Crippen LogP contribution in [0.2, 0.25) is 5.02 Å². The molecule has 3 aromatic rings. The maximum atomic E-state index is 13.3. The fourth-order valence-electron chi connectivity index (χ4n) is 5.01. The van der Waals surface area contributed by atoms with Crippen LogP contribution in [0.3, 0.4) is 0 Å². The van der Waals surface area contributed by atoms with Gasteiger partial charge in [0, 0.05) is 50.9 Å². The van der Waals surface area contributed by atoms with Gasteiger partial charge in [0.05, 0.1) is 23.3 Å². The molecule has 1 aromatic heterocycles. The number of fused-ring (bicyclic) bond motifs is 2. The van der Waals surface area contributed by atoms with Gasteiger partial charge in [0.2, 0.25) is 0 Å². The highest BCUT2D eigenvalue weighted by atomic mass is 35.5. The van der Waals surface area contributed by atoms with Crippen LogP contribution in [0.25, 0.3) is 10.9 Å². The number of benzene rings is 2. The Hall–Kier alpha value is -3.27. The number of carbonyl (C=O) groups is 1. The number of allylic oxidation sites excluding steroid dienone is 1. The van der Waals surface area contributed by atoms with Crippen molar-refractivity contribution in [3.05, 3.63) is 59.7 Å². The zero-order valence-corrected chi connectivity index (χ0v) is 22.7. The predicted molar refractivity (Wildman–Crippen MR) is 151 cm³/mol. The number of hydrogen-bond acceptors (Lipinski definition) is 8. The quantitative estimate of drug-likeness (QED) is 0.273. The molecule has 10 heteroatoms. The lowest BCUT2D eigenvalue weighted by molar-refractivity contribution is -0.104. The number of likely N-dealkylation sites (tertiary alicyclic amines) is 1. The third-order valence-electron chi connectivity index (χ3n) is 6.79. The first-order valence-corrected chi connectivity index (χ1v) is 12.9. The van der Waals surface area contributed by atoms with Crippen LogP contribution in [0, 0.1) is 17.7 Å². The molecule has 8 nitrogen and oxygen atoms in total. The molecule has 2 heterocycles. The Labute approximate surface area is 227 Å². The van der Waals surface area contributed by atoms with Crippen molar-refractivity contribution in [1.29, 1.82) is 0 Å². The standard InChI is InChI=1S/C16H14ClFN4O.C11H17NO.CH4O/c1-19-14-6-10-13(7-15(14)23-2)20-8-21-16(10)22-9-3-4-12(18)11(17)5-9;13-7-2-1-6-12-8-10-4-3-5-11(10)9-12;1-2/h3-8,19H,1-2H3,(H,20,21,22);1-2,7,10-11H,3-6,8-9H2;2H,1H3/b;2-1+;. The first-order chi connectivity index (χ1) is 18.5. The van der Waals surface area contributed by atoms with Gasteiger partial charge in [-0.15, -0.1) is 0 Å². The van der Waals surface area contributed by atoms with Gasteiger partial charge in [-0.05, 0) is 55.0 Å². The number of nitrogens with zero attached hydrogens (tertiary/aromatic N) is 3. The highest BCUT2D eigenvalue weighted by Gasteiger charge is 2.35. The summed E-state index contributed by atoms with van der Waals surface area (Å²) in [5, 5.41) is 14.1. The molecule has 5 rings (SSSR count). The summed E-state index contributed by atoms with van der Waals surface area (Å²) in [5.41, 5.74) is 2.18. The monoisotopic (exact) mass is 543 g/mol. The Balaban J connectivity index is 0.000000225. The van der Waals surface area contributed by atoms with Gasteiger partial charge >= 0.3 is 0 Å². The molecule has 38 heavy (non-hydrogen) atoms. The van der Waals surface area contributed by atoms with Crippen molar-refractivity contribution in [2.24, 2.45) is 11.8 Å². The van der Waals surface area contributed by atoms with Crippen molar-refractivity contribution >= 4 is 46.0 Å². The SMILES string of the molecule is CNc1cc2c(Nc3ccc(F)c(Cl)c3)ncnc2cc1OC.CO.O=C/C=C/CN1CC2CCCC2C1. The lowest BCUT2D eigenvalue weighted by atomic mass is 10.0. The molecule has 1 saturated heterocycles. The zero-order valence-electron chi connectivity index (χ0n) is 22.0. The third-order valence-corrected chi connectivity index (χ3v) is 7.08. The number of hydrogen-bond donors (Lipinski definition) is 3. The zero-order chi connectivity index (χ0) is 27.5. The Morgan fingerprint density at radius 1 is 1.18 bits per heavy atom. The molecule has 1 aliphatic heterocycles. The molecule has 1 aliphatic carbocycles. The van der Waals surface area contributed by atoms with Gasteiger partial charge in [0.15, 0.2) is 0 Å². The summed E-state index contributed by atoms with van der Waals surface area (Å²) in [7, 11) is 4.41. The van der Waals surface area contributed by atoms with Crippen molar-refractivity contribution in [2.45, 2.75) is 19.3 Å². The van der Waals surface area contributed by atoms with E-state index < -0.39 is 5.82 Å². The van der Waals surface area contributed by atoms with E-state index in [0.717, 1.165) is 48.4 Å². The summed E-state index contributed by atoms with van der Waals surface area (Å²) in [4.78, 5) is 21.0. The van der Waals surface area contributed by atoms with E-state index >= 15 is 0 Å². The second-order valence-corrected chi connectivity index (χ2v) is 9.44.